The third-order valence-electron chi connectivity index (χ3n) is 0.959. The van der Waals surface area contributed by atoms with Gasteiger partial charge in [0.2, 0.25) is 0 Å². The molecule has 5 heteroatoms. The highest BCUT2D eigenvalue weighted by molar-refractivity contribution is 5.89. The lowest BCUT2D eigenvalue weighted by atomic mass is 10.3. The van der Waals surface area contributed by atoms with Crippen molar-refractivity contribution in [2.45, 2.75) is 26.4 Å². The Morgan fingerprint density at radius 1 is 1.23 bits per heavy atom. The first kappa shape index (κ1) is 14.2. The zero-order valence-electron chi connectivity index (χ0n) is 7.60. The molecule has 0 rings (SSSR count). The molecule has 0 aliphatic rings. The quantitative estimate of drug-likeness (QED) is 0.563. The Morgan fingerprint density at radius 3 is 1.54 bits per heavy atom. The van der Waals surface area contributed by atoms with E-state index in [0.717, 1.165) is 6.42 Å². The van der Waals surface area contributed by atoms with Crippen LogP contribution in [0.2, 0.25) is 0 Å². The summed E-state index contributed by atoms with van der Waals surface area (Å²) in [5.74, 6) is -2.51. The number of aliphatic hydroxyl groups is 1. The standard InChI is InChI=1S/C4H4O4.C4H10O/c5-3(6)1-2-4(7)8;1-3-4(2)5/h1-2H,(H,5,6)(H,7,8);4-5H,3H2,1-2H3/b2-1+;. The minimum absolute atomic E-state index is 0.116. The van der Waals surface area contributed by atoms with E-state index in [-0.39, 0.29) is 6.10 Å². The third kappa shape index (κ3) is 25.0. The van der Waals surface area contributed by atoms with Crippen LogP contribution in [-0.2, 0) is 9.59 Å². The van der Waals surface area contributed by atoms with Gasteiger partial charge in [0.05, 0.1) is 6.10 Å². The molecule has 3 N–H and O–H groups in total. The van der Waals surface area contributed by atoms with E-state index < -0.39 is 11.9 Å². The summed E-state index contributed by atoms with van der Waals surface area (Å²) in [6.45, 7) is 3.73. The van der Waals surface area contributed by atoms with E-state index >= 15 is 0 Å². The largest absolute Gasteiger partial charge is 0.478 e. The van der Waals surface area contributed by atoms with Gasteiger partial charge in [0.25, 0.3) is 0 Å². The summed E-state index contributed by atoms with van der Waals surface area (Å²) in [5, 5.41) is 24.0. The molecule has 5 nitrogen and oxygen atoms in total. The van der Waals surface area contributed by atoms with Crippen LogP contribution in [-0.4, -0.2) is 33.4 Å². The average Bonchev–Trinajstić information content (AvgIpc) is 2.02. The second kappa shape index (κ2) is 8.73. The number of hydrogen-bond donors (Lipinski definition) is 3. The van der Waals surface area contributed by atoms with Crippen molar-refractivity contribution < 1.29 is 24.9 Å². The monoisotopic (exact) mass is 190 g/mol. The molecule has 0 radical (unpaired) electrons. The van der Waals surface area contributed by atoms with Gasteiger partial charge in [0.1, 0.15) is 0 Å². The first-order valence-corrected chi connectivity index (χ1v) is 3.72. The van der Waals surface area contributed by atoms with Gasteiger partial charge >= 0.3 is 11.9 Å². The first-order valence-electron chi connectivity index (χ1n) is 3.72. The maximum Gasteiger partial charge on any atom is 0.328 e. The molecule has 0 spiro atoms. The molecule has 0 aromatic heterocycles. The van der Waals surface area contributed by atoms with Crippen LogP contribution in [0, 0.1) is 0 Å². The van der Waals surface area contributed by atoms with Crippen LogP contribution in [0.3, 0.4) is 0 Å². The molecule has 1 atom stereocenters. The summed E-state index contributed by atoms with van der Waals surface area (Å²) in [5.41, 5.74) is 0. The molecule has 1 unspecified atom stereocenters. The molecule has 0 aliphatic carbocycles. The zero-order chi connectivity index (χ0) is 10.9. The van der Waals surface area contributed by atoms with Crippen LogP contribution >= 0.6 is 0 Å². The van der Waals surface area contributed by atoms with E-state index in [0.29, 0.717) is 12.2 Å². The van der Waals surface area contributed by atoms with E-state index in [4.69, 9.17) is 15.3 Å². The molecule has 0 saturated heterocycles. The second-order valence-electron chi connectivity index (χ2n) is 2.27. The van der Waals surface area contributed by atoms with Gasteiger partial charge in [-0.3, -0.25) is 0 Å². The molecular formula is C8H14O5. The van der Waals surface area contributed by atoms with Crippen molar-refractivity contribution in [3.05, 3.63) is 12.2 Å². The van der Waals surface area contributed by atoms with E-state index in [1.54, 1.807) is 6.92 Å². The Kier molecular flexibility index (Phi) is 9.53. The van der Waals surface area contributed by atoms with Crippen molar-refractivity contribution >= 4 is 11.9 Å². The van der Waals surface area contributed by atoms with Crippen molar-refractivity contribution in [3.63, 3.8) is 0 Å². The molecule has 0 fully saturated rings. The predicted molar refractivity (Wildman–Crippen MR) is 46.4 cm³/mol. The Bertz CT molecular complexity index is 167. The lowest BCUT2D eigenvalue weighted by Gasteiger charge is -1.90. The van der Waals surface area contributed by atoms with Crippen LogP contribution in [0.5, 0.6) is 0 Å². The number of carboxylic acids is 2. The highest BCUT2D eigenvalue weighted by Crippen LogP contribution is 1.81. The van der Waals surface area contributed by atoms with Crippen LogP contribution in [0.4, 0.5) is 0 Å². The highest BCUT2D eigenvalue weighted by Gasteiger charge is 1.88. The second-order valence-corrected chi connectivity index (χ2v) is 2.27. The van der Waals surface area contributed by atoms with Crippen LogP contribution in [0.25, 0.3) is 0 Å². The van der Waals surface area contributed by atoms with Gasteiger partial charge < -0.3 is 15.3 Å². The molecule has 0 saturated carbocycles. The van der Waals surface area contributed by atoms with Crippen molar-refractivity contribution in [1.29, 1.82) is 0 Å². The SMILES string of the molecule is CCC(C)O.O=C(O)/C=C/C(=O)O. The summed E-state index contributed by atoms with van der Waals surface area (Å²) < 4.78 is 0. The Labute approximate surface area is 76.3 Å². The van der Waals surface area contributed by atoms with Crippen molar-refractivity contribution in [3.8, 4) is 0 Å². The number of aliphatic carboxylic acids is 2. The minimum atomic E-state index is -1.26. The van der Waals surface area contributed by atoms with Crippen molar-refractivity contribution in [2.75, 3.05) is 0 Å². The zero-order valence-corrected chi connectivity index (χ0v) is 7.60. The van der Waals surface area contributed by atoms with Gasteiger partial charge in [-0.2, -0.15) is 0 Å². The fourth-order valence-electron chi connectivity index (χ4n) is 0.143. The number of carbonyl (C=O) groups is 2. The molecule has 0 aliphatic heterocycles. The number of rotatable bonds is 3. The molecule has 0 amide bonds. The molecular weight excluding hydrogens is 176 g/mol. The van der Waals surface area contributed by atoms with Gasteiger partial charge in [0.15, 0.2) is 0 Å². The van der Waals surface area contributed by atoms with Gasteiger partial charge in [-0.05, 0) is 13.3 Å². The summed E-state index contributed by atoms with van der Waals surface area (Å²) in [6.07, 6.45) is 1.86. The fourth-order valence-corrected chi connectivity index (χ4v) is 0.143. The van der Waals surface area contributed by atoms with E-state index in [1.165, 1.54) is 0 Å². The molecule has 0 aromatic rings. The van der Waals surface area contributed by atoms with E-state index in [9.17, 15) is 9.59 Å². The van der Waals surface area contributed by atoms with Gasteiger partial charge in [0, 0.05) is 12.2 Å². The van der Waals surface area contributed by atoms with Gasteiger partial charge in [-0.25, -0.2) is 9.59 Å². The third-order valence-corrected chi connectivity index (χ3v) is 0.959. The average molecular weight is 190 g/mol. The lowest BCUT2D eigenvalue weighted by Crippen LogP contribution is -1.93. The normalized spacial score (nSPS) is 11.6. The number of hydrogen-bond acceptors (Lipinski definition) is 3. The lowest BCUT2D eigenvalue weighted by molar-refractivity contribution is -0.134. The van der Waals surface area contributed by atoms with Gasteiger partial charge in [-0.1, -0.05) is 6.92 Å². The maximum absolute atomic E-state index is 9.55. The molecule has 76 valence electrons. The summed E-state index contributed by atoms with van der Waals surface area (Å²) in [4.78, 5) is 19.1. The summed E-state index contributed by atoms with van der Waals surface area (Å²) >= 11 is 0. The van der Waals surface area contributed by atoms with Crippen LogP contribution in [0.1, 0.15) is 20.3 Å². The van der Waals surface area contributed by atoms with Crippen molar-refractivity contribution in [2.24, 2.45) is 0 Å². The maximum atomic E-state index is 9.55. The summed E-state index contributed by atoms with van der Waals surface area (Å²) in [7, 11) is 0. The van der Waals surface area contributed by atoms with Crippen molar-refractivity contribution in [1.82, 2.24) is 0 Å². The van der Waals surface area contributed by atoms with E-state index in [1.807, 2.05) is 6.92 Å². The smallest absolute Gasteiger partial charge is 0.328 e. The summed E-state index contributed by atoms with van der Waals surface area (Å²) in [6, 6.07) is 0. The predicted octanol–water partition coefficient (Wildman–Crippen LogP) is 0.489. The number of carboxylic acid groups (broad SMARTS) is 2. The van der Waals surface area contributed by atoms with Crippen LogP contribution in [0.15, 0.2) is 12.2 Å². The van der Waals surface area contributed by atoms with Crippen LogP contribution < -0.4 is 0 Å². The first-order chi connectivity index (χ1) is 5.90. The Morgan fingerprint density at radius 2 is 1.46 bits per heavy atom. The number of aliphatic hydroxyl groups excluding tert-OH is 1. The highest BCUT2D eigenvalue weighted by atomic mass is 16.4. The molecule has 0 heterocycles. The Hall–Kier alpha value is -1.36. The molecule has 0 aromatic carbocycles. The Balaban J connectivity index is 0. The molecule has 0 bridgehead atoms. The minimum Gasteiger partial charge on any atom is -0.478 e. The van der Waals surface area contributed by atoms with Gasteiger partial charge in [-0.15, -0.1) is 0 Å². The molecule has 13 heavy (non-hydrogen) atoms. The van der Waals surface area contributed by atoms with E-state index in [2.05, 4.69) is 0 Å². The fraction of sp³-hybridized carbons (Fsp3) is 0.500. The topological polar surface area (TPSA) is 94.8 Å².